The number of phosphoric acid groups is 1. The number of esters is 1. The summed E-state index contributed by atoms with van der Waals surface area (Å²) in [5.41, 5.74) is 0. The Balaban J connectivity index is 4.22. The van der Waals surface area contributed by atoms with Gasteiger partial charge in [-0.05, 0) is 89.9 Å². The van der Waals surface area contributed by atoms with Crippen LogP contribution in [0.5, 0.6) is 0 Å². The van der Waals surface area contributed by atoms with Gasteiger partial charge in [0.2, 0.25) is 0 Å². The van der Waals surface area contributed by atoms with Crippen molar-refractivity contribution in [1.29, 1.82) is 0 Å². The molecule has 0 spiro atoms. The number of hydrogen-bond donors (Lipinski definition) is 0. The molecule has 2 unspecified atom stereocenters. The third-order valence-electron chi connectivity index (χ3n) is 10.9. The van der Waals surface area contributed by atoms with E-state index in [9.17, 15) is 14.3 Å². The Kier molecular flexibility index (Phi) is 46.4. The highest BCUT2D eigenvalue weighted by atomic mass is 31.2. The van der Waals surface area contributed by atoms with E-state index in [0.29, 0.717) is 17.6 Å². The predicted octanol–water partition coefficient (Wildman–Crippen LogP) is 15.8. The fourth-order valence-corrected chi connectivity index (χ4v) is 7.63. The van der Waals surface area contributed by atoms with Gasteiger partial charge in [0.15, 0.2) is 0 Å². The Bertz CT molecular complexity index is 1310. The molecular weight excluding hydrogens is 830 g/mol. The molecule has 0 saturated heterocycles. The van der Waals surface area contributed by atoms with Crippen LogP contribution in [0.2, 0.25) is 0 Å². The minimum atomic E-state index is -4.54. The lowest BCUT2D eigenvalue weighted by Gasteiger charge is -2.28. The van der Waals surface area contributed by atoms with Crippen LogP contribution in [0.3, 0.4) is 0 Å². The van der Waals surface area contributed by atoms with Crippen molar-refractivity contribution in [3.63, 3.8) is 0 Å². The molecule has 9 heteroatoms. The van der Waals surface area contributed by atoms with Crippen LogP contribution in [-0.2, 0) is 27.9 Å². The lowest BCUT2D eigenvalue weighted by molar-refractivity contribution is -0.870. The number of quaternary nitrogens is 1. The SMILES string of the molecule is CC/C=C\C/C=C\C/C=C\C/C=C\C/C=C\C/C=C\CCCCCCC(=O)OC(COCCCCCCCCCCCC/C=C\CCCCCCCC)COP(=O)([O-])OCC[N+](C)(C)C. The lowest BCUT2D eigenvalue weighted by Crippen LogP contribution is -2.37. The number of likely N-dealkylation sites (N-methyl/N-ethyl adjacent to an activating group) is 1. The maximum atomic E-state index is 12.8. The molecule has 376 valence electrons. The summed E-state index contributed by atoms with van der Waals surface area (Å²) in [5, 5.41) is 0. The number of phosphoric ester groups is 1. The van der Waals surface area contributed by atoms with Crippen LogP contribution in [0.1, 0.15) is 206 Å². The average molecular weight is 930 g/mol. The highest BCUT2D eigenvalue weighted by molar-refractivity contribution is 7.45. The predicted molar refractivity (Wildman–Crippen MR) is 277 cm³/mol. The second-order valence-corrected chi connectivity index (χ2v) is 19.9. The van der Waals surface area contributed by atoms with Gasteiger partial charge in [0.05, 0.1) is 34.4 Å². The largest absolute Gasteiger partial charge is 0.756 e. The van der Waals surface area contributed by atoms with Gasteiger partial charge in [-0.3, -0.25) is 9.36 Å². The summed E-state index contributed by atoms with van der Waals surface area (Å²) in [7, 11) is 1.33. The van der Waals surface area contributed by atoms with Crippen molar-refractivity contribution in [2.45, 2.75) is 213 Å². The summed E-state index contributed by atoms with van der Waals surface area (Å²) in [6.07, 6.45) is 64.6. The number of unbranched alkanes of at least 4 members (excludes halogenated alkanes) is 20. The number of hydrogen-bond acceptors (Lipinski definition) is 7. The molecule has 0 aromatic rings. The van der Waals surface area contributed by atoms with Crippen molar-refractivity contribution < 1.29 is 37.3 Å². The second-order valence-electron chi connectivity index (χ2n) is 18.5. The molecule has 0 amide bonds. The number of allylic oxidation sites excluding steroid dienone is 14. The molecule has 0 heterocycles. The van der Waals surface area contributed by atoms with Gasteiger partial charge >= 0.3 is 5.97 Å². The van der Waals surface area contributed by atoms with Crippen molar-refractivity contribution in [2.75, 3.05) is 54.1 Å². The maximum Gasteiger partial charge on any atom is 0.306 e. The van der Waals surface area contributed by atoms with Crippen LogP contribution in [0, 0.1) is 0 Å². The molecule has 0 aliphatic rings. The number of carbonyl (C=O) groups excluding carboxylic acids is 1. The molecular formula is C56H100NO7P. The van der Waals surface area contributed by atoms with E-state index in [2.05, 4.69) is 98.9 Å². The van der Waals surface area contributed by atoms with E-state index >= 15 is 0 Å². The molecule has 0 radical (unpaired) electrons. The quantitative estimate of drug-likeness (QED) is 0.0197. The molecule has 0 saturated carbocycles. The van der Waals surface area contributed by atoms with E-state index in [4.69, 9.17) is 18.5 Å². The van der Waals surface area contributed by atoms with Crippen LogP contribution >= 0.6 is 7.82 Å². The van der Waals surface area contributed by atoms with E-state index in [1.165, 1.54) is 103 Å². The Labute approximate surface area is 401 Å². The van der Waals surface area contributed by atoms with Gasteiger partial charge in [0.1, 0.15) is 19.3 Å². The highest BCUT2D eigenvalue weighted by Crippen LogP contribution is 2.38. The van der Waals surface area contributed by atoms with Crippen molar-refractivity contribution in [2.24, 2.45) is 0 Å². The van der Waals surface area contributed by atoms with Gasteiger partial charge < -0.3 is 27.9 Å². The molecule has 8 nitrogen and oxygen atoms in total. The van der Waals surface area contributed by atoms with Crippen LogP contribution in [0.4, 0.5) is 0 Å². The normalized spacial score (nSPS) is 14.2. The van der Waals surface area contributed by atoms with Crippen molar-refractivity contribution in [1.82, 2.24) is 0 Å². The topological polar surface area (TPSA) is 94.1 Å². The minimum absolute atomic E-state index is 0.0164. The molecule has 0 aromatic heterocycles. The summed E-state index contributed by atoms with van der Waals surface area (Å²) in [6.45, 7) is 5.26. The first kappa shape index (κ1) is 62.7. The van der Waals surface area contributed by atoms with Gasteiger partial charge in [-0.15, -0.1) is 0 Å². The maximum absolute atomic E-state index is 12.8. The van der Waals surface area contributed by atoms with Crippen molar-refractivity contribution in [3.8, 4) is 0 Å². The Morgan fingerprint density at radius 3 is 1.35 bits per heavy atom. The molecule has 0 N–H and O–H groups in total. The zero-order valence-corrected chi connectivity index (χ0v) is 43.6. The molecule has 0 rings (SSSR count). The minimum Gasteiger partial charge on any atom is -0.756 e. The van der Waals surface area contributed by atoms with Gasteiger partial charge in [-0.2, -0.15) is 0 Å². The first-order valence-electron chi connectivity index (χ1n) is 26.3. The molecule has 0 bridgehead atoms. The van der Waals surface area contributed by atoms with E-state index in [-0.39, 0.29) is 32.2 Å². The van der Waals surface area contributed by atoms with Crippen molar-refractivity contribution in [3.05, 3.63) is 85.1 Å². The summed E-state index contributed by atoms with van der Waals surface area (Å²) in [5.74, 6) is -0.360. The highest BCUT2D eigenvalue weighted by Gasteiger charge is 2.20. The summed E-state index contributed by atoms with van der Waals surface area (Å²) >= 11 is 0. The standard InChI is InChI=1S/C56H100NO7P/c1-6-8-10-12-14-16-18-20-22-24-26-28-29-30-31-33-35-37-39-41-43-45-47-49-56(58)64-55(54-63-65(59,60)62-52-50-57(3,4)5)53-61-51-48-46-44-42-40-38-36-34-32-27-25-23-21-19-17-15-13-11-9-7-2/h8,10,14,16,20-23,26,28,30-31,35,37,55H,6-7,9,11-13,15,17-19,24-25,27,29,32-34,36,38-54H2,1-5H3/b10-8-,16-14-,22-20-,23-21-,28-26-,31-30-,37-35-. The van der Waals surface area contributed by atoms with Gasteiger partial charge in [0.25, 0.3) is 7.82 Å². The third kappa shape index (κ3) is 52.5. The fourth-order valence-electron chi connectivity index (χ4n) is 6.90. The number of nitrogens with zero attached hydrogens (tertiary/aromatic N) is 1. The van der Waals surface area contributed by atoms with Crippen LogP contribution in [-0.4, -0.2) is 70.7 Å². The van der Waals surface area contributed by atoms with Crippen LogP contribution in [0.15, 0.2) is 85.1 Å². The molecule has 0 fully saturated rings. The molecule has 0 aliphatic heterocycles. The van der Waals surface area contributed by atoms with Crippen LogP contribution in [0.25, 0.3) is 0 Å². The Morgan fingerprint density at radius 2 is 0.892 bits per heavy atom. The van der Waals surface area contributed by atoms with E-state index < -0.39 is 13.9 Å². The number of carbonyl (C=O) groups is 1. The van der Waals surface area contributed by atoms with Crippen LogP contribution < -0.4 is 4.89 Å². The summed E-state index contributed by atoms with van der Waals surface area (Å²) in [6, 6.07) is 0. The fraction of sp³-hybridized carbons (Fsp3) is 0.732. The number of ether oxygens (including phenoxy) is 2. The first-order chi connectivity index (χ1) is 31.6. The smallest absolute Gasteiger partial charge is 0.306 e. The van der Waals surface area contributed by atoms with Gasteiger partial charge in [-0.1, -0.05) is 195 Å². The van der Waals surface area contributed by atoms with Crippen molar-refractivity contribution >= 4 is 13.8 Å². The zero-order valence-electron chi connectivity index (χ0n) is 42.7. The second kappa shape index (κ2) is 48.1. The molecule has 0 aliphatic carbocycles. The third-order valence-corrected chi connectivity index (χ3v) is 11.9. The summed E-state index contributed by atoms with van der Waals surface area (Å²) in [4.78, 5) is 25.2. The number of rotatable bonds is 48. The summed E-state index contributed by atoms with van der Waals surface area (Å²) < 4.78 is 34.7. The lowest BCUT2D eigenvalue weighted by atomic mass is 10.1. The molecule has 65 heavy (non-hydrogen) atoms. The van der Waals surface area contributed by atoms with E-state index in [1.807, 2.05) is 21.1 Å². The Hall–Kier alpha value is -2.32. The zero-order chi connectivity index (χ0) is 47.6. The van der Waals surface area contributed by atoms with Gasteiger partial charge in [0, 0.05) is 13.0 Å². The Morgan fingerprint density at radius 1 is 0.492 bits per heavy atom. The van der Waals surface area contributed by atoms with E-state index in [1.54, 1.807) is 0 Å². The molecule has 0 aromatic carbocycles. The average Bonchev–Trinajstić information content (AvgIpc) is 3.27. The monoisotopic (exact) mass is 930 g/mol. The molecule has 2 atom stereocenters. The van der Waals surface area contributed by atoms with E-state index in [0.717, 1.165) is 83.5 Å². The first-order valence-corrected chi connectivity index (χ1v) is 27.8. The van der Waals surface area contributed by atoms with Gasteiger partial charge in [-0.25, -0.2) is 0 Å².